The molecule has 3 rings (SSSR count). The summed E-state index contributed by atoms with van der Waals surface area (Å²) < 4.78 is 97.5. The first kappa shape index (κ1) is 19.4. The van der Waals surface area contributed by atoms with Gasteiger partial charge in [0.1, 0.15) is 17.3 Å². The topological polar surface area (TPSA) is 158 Å². The Morgan fingerprint density at radius 1 is 0.600 bits per heavy atom. The van der Waals surface area contributed by atoms with Gasteiger partial charge >= 0.3 is 7.32 Å². The van der Waals surface area contributed by atoms with Crippen molar-refractivity contribution >= 4 is 37.7 Å². The molecule has 0 N–H and O–H groups in total. The molecule has 12 nitrogen and oxygen atoms in total. The van der Waals surface area contributed by atoms with Gasteiger partial charge in [0.2, 0.25) is 0 Å². The Balaban J connectivity index is 1.63. The highest BCUT2D eigenvalue weighted by Gasteiger charge is 2.42. The van der Waals surface area contributed by atoms with Crippen LogP contribution in [0.25, 0.3) is 0 Å². The minimum absolute atomic E-state index is 0.259. The Labute approximate surface area is 145 Å². The predicted octanol–water partition coefficient (Wildman–Crippen LogP) is -2.79. The number of rotatable bonds is 6. The van der Waals surface area contributed by atoms with E-state index < -0.39 is 73.2 Å². The van der Waals surface area contributed by atoms with Gasteiger partial charge in [-0.05, 0) is 0 Å². The Morgan fingerprint density at radius 3 is 1.08 bits per heavy atom. The van der Waals surface area contributed by atoms with Crippen molar-refractivity contribution in [1.82, 2.24) is 0 Å². The molecule has 0 aromatic heterocycles. The van der Waals surface area contributed by atoms with Gasteiger partial charge in [0.05, 0.1) is 38.1 Å². The van der Waals surface area contributed by atoms with Crippen LogP contribution >= 0.6 is 0 Å². The molecule has 3 heterocycles. The molecule has 3 atom stereocenters. The second-order valence-electron chi connectivity index (χ2n) is 5.59. The maximum Gasteiger partial charge on any atom is 0.640 e. The van der Waals surface area contributed by atoms with Crippen LogP contribution in [0.3, 0.4) is 0 Å². The van der Waals surface area contributed by atoms with Crippen molar-refractivity contribution in [1.29, 1.82) is 0 Å². The SMILES string of the molecule is O=S1(=O)CC(OB(OC2COS(=O)(=O)C2)OC2COS(=O)(=O)C2)CO1. The molecule has 144 valence electrons. The molecule has 0 radical (unpaired) electrons. The predicted molar refractivity (Wildman–Crippen MR) is 79.6 cm³/mol. The van der Waals surface area contributed by atoms with E-state index in [1.54, 1.807) is 0 Å². The summed E-state index contributed by atoms with van der Waals surface area (Å²) in [6.07, 6.45) is -2.73. The molecule has 3 unspecified atom stereocenters. The molecular weight excluding hydrogens is 407 g/mol. The number of hydrogen-bond donors (Lipinski definition) is 0. The monoisotopic (exact) mass is 422 g/mol. The normalized spacial score (nSPS) is 35.8. The van der Waals surface area contributed by atoms with Gasteiger partial charge in [-0.25, -0.2) is 0 Å². The number of hydrogen-bond acceptors (Lipinski definition) is 12. The third kappa shape index (κ3) is 5.57. The van der Waals surface area contributed by atoms with Crippen molar-refractivity contribution in [3.63, 3.8) is 0 Å². The summed E-state index contributed by atoms with van der Waals surface area (Å²) in [4.78, 5) is 0. The lowest BCUT2D eigenvalue weighted by Gasteiger charge is -2.21. The van der Waals surface area contributed by atoms with Crippen LogP contribution in [0.1, 0.15) is 0 Å². The summed E-state index contributed by atoms with van der Waals surface area (Å²) in [5, 5.41) is 0. The summed E-state index contributed by atoms with van der Waals surface area (Å²) in [6.45, 7) is -0.778. The first-order chi connectivity index (χ1) is 11.5. The largest absolute Gasteiger partial charge is 0.640 e. The lowest BCUT2D eigenvalue weighted by Crippen LogP contribution is -2.41. The highest BCUT2D eigenvalue weighted by Crippen LogP contribution is 2.20. The van der Waals surface area contributed by atoms with E-state index in [1.807, 2.05) is 0 Å². The van der Waals surface area contributed by atoms with E-state index in [-0.39, 0.29) is 19.8 Å². The van der Waals surface area contributed by atoms with E-state index in [1.165, 1.54) is 0 Å². The van der Waals surface area contributed by atoms with Crippen molar-refractivity contribution in [2.75, 3.05) is 37.1 Å². The summed E-state index contributed by atoms with van der Waals surface area (Å²) >= 11 is 0. The van der Waals surface area contributed by atoms with Crippen LogP contribution in [-0.2, 0) is 56.9 Å². The van der Waals surface area contributed by atoms with Crippen LogP contribution in [0.2, 0.25) is 0 Å². The molecule has 0 aromatic rings. The molecule has 0 bridgehead atoms. The van der Waals surface area contributed by atoms with E-state index in [0.29, 0.717) is 0 Å². The third-order valence-electron chi connectivity index (χ3n) is 3.38. The lowest BCUT2D eigenvalue weighted by atomic mass is 10.1. The minimum Gasteiger partial charge on any atom is -0.379 e. The van der Waals surface area contributed by atoms with Crippen molar-refractivity contribution in [3.05, 3.63) is 0 Å². The van der Waals surface area contributed by atoms with Gasteiger partial charge in [-0.15, -0.1) is 0 Å². The fourth-order valence-electron chi connectivity index (χ4n) is 2.31. The Hall–Kier alpha value is -0.325. The first-order valence-corrected chi connectivity index (χ1v) is 11.8. The zero-order chi connectivity index (χ0) is 18.3. The maximum absolute atomic E-state index is 11.3. The van der Waals surface area contributed by atoms with Gasteiger partial charge in [0.25, 0.3) is 30.4 Å². The Kier molecular flexibility index (Phi) is 5.45. The molecule has 0 spiro atoms. The Morgan fingerprint density at radius 2 is 0.880 bits per heavy atom. The van der Waals surface area contributed by atoms with E-state index in [4.69, 9.17) is 14.0 Å². The van der Waals surface area contributed by atoms with Gasteiger partial charge in [0, 0.05) is 0 Å². The van der Waals surface area contributed by atoms with Crippen LogP contribution < -0.4 is 0 Å². The fraction of sp³-hybridized carbons (Fsp3) is 1.00. The van der Waals surface area contributed by atoms with Crippen molar-refractivity contribution < 1.29 is 51.8 Å². The fourth-order valence-corrected chi connectivity index (χ4v) is 5.57. The van der Waals surface area contributed by atoms with Crippen LogP contribution in [0, 0.1) is 0 Å². The van der Waals surface area contributed by atoms with Crippen LogP contribution in [0.4, 0.5) is 0 Å². The van der Waals surface area contributed by atoms with Crippen LogP contribution in [0.15, 0.2) is 0 Å². The van der Waals surface area contributed by atoms with E-state index in [9.17, 15) is 25.3 Å². The summed E-state index contributed by atoms with van der Waals surface area (Å²) in [7, 11) is -12.6. The van der Waals surface area contributed by atoms with E-state index >= 15 is 0 Å². The molecule has 16 heteroatoms. The van der Waals surface area contributed by atoms with Crippen molar-refractivity contribution in [2.24, 2.45) is 0 Å². The Bertz CT molecular complexity index is 695. The molecule has 0 aromatic carbocycles. The molecule has 25 heavy (non-hydrogen) atoms. The van der Waals surface area contributed by atoms with E-state index in [0.717, 1.165) is 0 Å². The van der Waals surface area contributed by atoms with Crippen molar-refractivity contribution in [2.45, 2.75) is 18.3 Å². The average molecular weight is 422 g/mol. The van der Waals surface area contributed by atoms with Gasteiger partial charge < -0.3 is 14.0 Å². The second-order valence-corrected chi connectivity index (χ2v) is 10.6. The lowest BCUT2D eigenvalue weighted by molar-refractivity contribution is 0.00936. The second kappa shape index (κ2) is 7.01. The molecule has 3 aliphatic heterocycles. The quantitative estimate of drug-likeness (QED) is 0.320. The van der Waals surface area contributed by atoms with Gasteiger partial charge in [0.15, 0.2) is 0 Å². The first-order valence-electron chi connectivity index (χ1n) is 7.10. The summed E-state index contributed by atoms with van der Waals surface area (Å²) in [6, 6.07) is 0. The van der Waals surface area contributed by atoms with Gasteiger partial charge in [-0.3, -0.25) is 12.5 Å². The molecule has 0 amide bonds. The minimum atomic E-state index is -3.71. The van der Waals surface area contributed by atoms with Gasteiger partial charge in [-0.1, -0.05) is 0 Å². The van der Waals surface area contributed by atoms with Crippen molar-refractivity contribution in [3.8, 4) is 0 Å². The summed E-state index contributed by atoms with van der Waals surface area (Å²) in [5.74, 6) is -1.31. The summed E-state index contributed by atoms with van der Waals surface area (Å²) in [5.41, 5.74) is 0. The highest BCUT2D eigenvalue weighted by atomic mass is 32.2. The molecular formula is C9H15BO12S3. The average Bonchev–Trinajstić information content (AvgIpc) is 3.08. The van der Waals surface area contributed by atoms with Gasteiger partial charge in [-0.2, -0.15) is 25.3 Å². The molecule has 3 saturated heterocycles. The van der Waals surface area contributed by atoms with Crippen LogP contribution in [-0.4, -0.2) is 88.0 Å². The molecule has 3 fully saturated rings. The maximum atomic E-state index is 11.3. The molecule has 3 aliphatic rings. The zero-order valence-corrected chi connectivity index (χ0v) is 15.1. The van der Waals surface area contributed by atoms with E-state index in [2.05, 4.69) is 12.5 Å². The molecule has 0 saturated carbocycles. The standard InChI is InChI=1S/C9H15BO12S3/c11-23(12)4-7(1-17-23)20-10(21-8-2-18-24(13,14)5-8)22-9-3-19-25(15,16)6-9/h7-9H,1-6H2. The molecule has 0 aliphatic carbocycles. The highest BCUT2D eigenvalue weighted by molar-refractivity contribution is 7.87. The van der Waals surface area contributed by atoms with Crippen LogP contribution in [0.5, 0.6) is 0 Å². The smallest absolute Gasteiger partial charge is 0.379 e. The zero-order valence-electron chi connectivity index (χ0n) is 12.7. The third-order valence-corrected chi connectivity index (χ3v) is 7.21.